The van der Waals surface area contributed by atoms with Crippen molar-refractivity contribution < 1.29 is 8.42 Å². The number of benzene rings is 2. The largest absolute Gasteiger partial charge is 0.309 e. The van der Waals surface area contributed by atoms with Crippen LogP contribution in [0.1, 0.15) is 22.3 Å². The van der Waals surface area contributed by atoms with E-state index < -0.39 is 10.0 Å². The monoisotopic (exact) mass is 304 g/mol. The Bertz CT molecular complexity index is 722. The predicted molar refractivity (Wildman–Crippen MR) is 84.3 cm³/mol. The van der Waals surface area contributed by atoms with Crippen molar-refractivity contribution in [2.75, 3.05) is 0 Å². The zero-order valence-corrected chi connectivity index (χ0v) is 13.1. The first-order valence-corrected chi connectivity index (χ1v) is 8.29. The highest BCUT2D eigenvalue weighted by Crippen LogP contribution is 2.11. The van der Waals surface area contributed by atoms with Gasteiger partial charge in [0.25, 0.3) is 0 Å². The fraction of sp³-hybridized carbons (Fsp3) is 0.250. The average Bonchev–Trinajstić information content (AvgIpc) is 2.42. The minimum Gasteiger partial charge on any atom is -0.309 e. The highest BCUT2D eigenvalue weighted by atomic mass is 32.2. The topological polar surface area (TPSA) is 72.2 Å². The number of nitrogens with two attached hydrogens (primary N) is 1. The lowest BCUT2D eigenvalue weighted by molar-refractivity contribution is 0.597. The molecule has 0 unspecified atom stereocenters. The zero-order chi connectivity index (χ0) is 15.5. The smallest absolute Gasteiger partial charge is 0.238 e. The van der Waals surface area contributed by atoms with Crippen LogP contribution < -0.4 is 10.5 Å². The molecule has 2 aromatic rings. The van der Waals surface area contributed by atoms with Crippen molar-refractivity contribution in [3.63, 3.8) is 0 Å². The van der Waals surface area contributed by atoms with Crippen LogP contribution in [0.15, 0.2) is 47.4 Å². The Labute approximate surface area is 126 Å². The molecule has 0 spiro atoms. The van der Waals surface area contributed by atoms with Gasteiger partial charge in [-0.15, -0.1) is 0 Å². The number of sulfonamides is 1. The minimum absolute atomic E-state index is 0.139. The molecule has 2 aromatic carbocycles. The van der Waals surface area contributed by atoms with Gasteiger partial charge in [0.15, 0.2) is 0 Å². The highest BCUT2D eigenvalue weighted by Gasteiger charge is 2.06. The average molecular weight is 304 g/mol. The van der Waals surface area contributed by atoms with Gasteiger partial charge in [-0.1, -0.05) is 30.3 Å². The second kappa shape index (κ2) is 6.39. The molecule has 0 heterocycles. The van der Waals surface area contributed by atoms with Crippen LogP contribution in [0, 0.1) is 13.8 Å². The SMILES string of the molecule is Cc1ccc(CNCc2ccc(S(N)(=O)=O)cc2)cc1C. The van der Waals surface area contributed by atoms with E-state index in [-0.39, 0.29) is 4.90 Å². The van der Waals surface area contributed by atoms with E-state index in [1.165, 1.54) is 28.8 Å². The van der Waals surface area contributed by atoms with Crippen molar-refractivity contribution in [1.82, 2.24) is 5.32 Å². The molecular weight excluding hydrogens is 284 g/mol. The molecule has 4 nitrogen and oxygen atoms in total. The van der Waals surface area contributed by atoms with Crippen molar-refractivity contribution in [2.45, 2.75) is 31.8 Å². The number of aryl methyl sites for hydroxylation is 2. The van der Waals surface area contributed by atoms with Gasteiger partial charge in [-0.05, 0) is 48.2 Å². The van der Waals surface area contributed by atoms with Crippen LogP contribution in [0.5, 0.6) is 0 Å². The molecule has 0 fully saturated rings. The number of rotatable bonds is 5. The predicted octanol–water partition coefficient (Wildman–Crippen LogP) is 2.24. The summed E-state index contributed by atoms with van der Waals surface area (Å²) < 4.78 is 22.3. The molecule has 2 rings (SSSR count). The fourth-order valence-corrected chi connectivity index (χ4v) is 2.58. The van der Waals surface area contributed by atoms with Crippen LogP contribution in [0.2, 0.25) is 0 Å². The molecule has 21 heavy (non-hydrogen) atoms. The van der Waals surface area contributed by atoms with Gasteiger partial charge in [0, 0.05) is 13.1 Å². The van der Waals surface area contributed by atoms with E-state index in [9.17, 15) is 8.42 Å². The third-order valence-electron chi connectivity index (χ3n) is 3.48. The van der Waals surface area contributed by atoms with Crippen LogP contribution in [0.4, 0.5) is 0 Å². The Morgan fingerprint density at radius 2 is 1.48 bits per heavy atom. The van der Waals surface area contributed by atoms with Crippen LogP contribution in [-0.2, 0) is 23.1 Å². The number of hydrogen-bond donors (Lipinski definition) is 2. The Kier molecular flexibility index (Phi) is 4.77. The molecular formula is C16H20N2O2S. The quantitative estimate of drug-likeness (QED) is 0.890. The molecule has 5 heteroatoms. The molecule has 0 amide bonds. The number of primary sulfonamides is 1. The molecule has 3 N–H and O–H groups in total. The van der Waals surface area contributed by atoms with Crippen molar-refractivity contribution >= 4 is 10.0 Å². The van der Waals surface area contributed by atoms with Gasteiger partial charge in [0.1, 0.15) is 0 Å². The summed E-state index contributed by atoms with van der Waals surface area (Å²) in [6.45, 7) is 5.65. The lowest BCUT2D eigenvalue weighted by Gasteiger charge is -2.08. The molecule has 0 aliphatic heterocycles. The molecule has 0 atom stereocenters. The van der Waals surface area contributed by atoms with Crippen molar-refractivity contribution in [1.29, 1.82) is 0 Å². The lowest BCUT2D eigenvalue weighted by atomic mass is 10.1. The second-order valence-corrected chi connectivity index (χ2v) is 6.77. The Morgan fingerprint density at radius 1 is 0.905 bits per heavy atom. The molecule has 0 aromatic heterocycles. The van der Waals surface area contributed by atoms with E-state index in [1.54, 1.807) is 12.1 Å². The van der Waals surface area contributed by atoms with Gasteiger partial charge in [-0.25, -0.2) is 13.6 Å². The molecule has 0 aliphatic carbocycles. The Balaban J connectivity index is 1.93. The molecule has 112 valence electrons. The standard InChI is InChI=1S/C16H20N2O2S/c1-12-3-4-15(9-13(12)2)11-18-10-14-5-7-16(8-6-14)21(17,19)20/h3-9,18H,10-11H2,1-2H3,(H2,17,19,20). The second-order valence-electron chi connectivity index (χ2n) is 5.21. The van der Waals surface area contributed by atoms with Crippen molar-refractivity contribution in [3.05, 3.63) is 64.7 Å². The van der Waals surface area contributed by atoms with Gasteiger partial charge >= 0.3 is 0 Å². The van der Waals surface area contributed by atoms with E-state index >= 15 is 0 Å². The van der Waals surface area contributed by atoms with Crippen molar-refractivity contribution in [3.8, 4) is 0 Å². The third kappa shape index (κ3) is 4.39. The van der Waals surface area contributed by atoms with E-state index in [2.05, 4.69) is 37.4 Å². The van der Waals surface area contributed by atoms with Crippen LogP contribution in [-0.4, -0.2) is 8.42 Å². The number of nitrogens with one attached hydrogen (secondary N) is 1. The maximum absolute atomic E-state index is 11.2. The van der Waals surface area contributed by atoms with Gasteiger partial charge in [0.05, 0.1) is 4.90 Å². The fourth-order valence-electron chi connectivity index (χ4n) is 2.06. The Hall–Kier alpha value is -1.69. The number of hydrogen-bond acceptors (Lipinski definition) is 3. The van der Waals surface area contributed by atoms with Crippen LogP contribution in [0.3, 0.4) is 0 Å². The maximum atomic E-state index is 11.2. The summed E-state index contributed by atoms with van der Waals surface area (Å²) in [4.78, 5) is 0.139. The summed E-state index contributed by atoms with van der Waals surface area (Å²) in [7, 11) is -3.61. The van der Waals surface area contributed by atoms with Gasteiger partial charge in [0.2, 0.25) is 10.0 Å². The molecule has 0 saturated heterocycles. The molecule has 0 radical (unpaired) electrons. The van der Waals surface area contributed by atoms with E-state index in [1.807, 2.05) is 0 Å². The first-order chi connectivity index (χ1) is 9.86. The third-order valence-corrected chi connectivity index (χ3v) is 4.41. The summed E-state index contributed by atoms with van der Waals surface area (Å²) in [6.07, 6.45) is 0. The first-order valence-electron chi connectivity index (χ1n) is 6.75. The van der Waals surface area contributed by atoms with Crippen LogP contribution >= 0.6 is 0 Å². The Morgan fingerprint density at radius 3 is 2.05 bits per heavy atom. The van der Waals surface area contributed by atoms with Crippen LogP contribution in [0.25, 0.3) is 0 Å². The normalized spacial score (nSPS) is 11.6. The maximum Gasteiger partial charge on any atom is 0.238 e. The molecule has 0 aliphatic rings. The lowest BCUT2D eigenvalue weighted by Crippen LogP contribution is -2.14. The summed E-state index contributed by atoms with van der Waals surface area (Å²) in [6, 6.07) is 13.0. The van der Waals surface area contributed by atoms with Gasteiger partial charge in [-0.3, -0.25) is 0 Å². The van der Waals surface area contributed by atoms with E-state index in [0.717, 1.165) is 12.1 Å². The summed E-state index contributed by atoms with van der Waals surface area (Å²) in [5.41, 5.74) is 4.83. The molecule has 0 saturated carbocycles. The van der Waals surface area contributed by atoms with E-state index in [0.29, 0.717) is 6.54 Å². The van der Waals surface area contributed by atoms with Crippen molar-refractivity contribution in [2.24, 2.45) is 5.14 Å². The summed E-state index contributed by atoms with van der Waals surface area (Å²) in [5, 5.41) is 8.41. The molecule has 0 bridgehead atoms. The highest BCUT2D eigenvalue weighted by molar-refractivity contribution is 7.89. The van der Waals surface area contributed by atoms with E-state index in [4.69, 9.17) is 5.14 Å². The summed E-state index contributed by atoms with van der Waals surface area (Å²) >= 11 is 0. The van der Waals surface area contributed by atoms with Gasteiger partial charge in [-0.2, -0.15) is 0 Å². The van der Waals surface area contributed by atoms with Gasteiger partial charge < -0.3 is 5.32 Å². The minimum atomic E-state index is -3.61. The summed E-state index contributed by atoms with van der Waals surface area (Å²) in [5.74, 6) is 0. The first kappa shape index (κ1) is 15.7. The zero-order valence-electron chi connectivity index (χ0n) is 12.3.